The molecule has 1 aromatic carbocycles. The van der Waals surface area contributed by atoms with E-state index in [1.165, 1.54) is 31.4 Å². The fraction of sp³-hybridized carbons (Fsp3) is 0.385. The lowest BCUT2D eigenvalue weighted by atomic mass is 9.83. The van der Waals surface area contributed by atoms with E-state index in [2.05, 4.69) is 9.97 Å². The van der Waals surface area contributed by atoms with Crippen molar-refractivity contribution in [3.05, 3.63) is 29.8 Å². The molecule has 4 heteroatoms. The van der Waals surface area contributed by atoms with E-state index in [-0.39, 0.29) is 5.82 Å². The number of hydrogen-bond acceptors (Lipinski definition) is 3. The molecule has 17 heavy (non-hydrogen) atoms. The second-order valence-corrected chi connectivity index (χ2v) is 4.69. The van der Waals surface area contributed by atoms with Crippen LogP contribution in [-0.4, -0.2) is 9.97 Å². The molecule has 0 aliphatic heterocycles. The van der Waals surface area contributed by atoms with Crippen LogP contribution in [0.2, 0.25) is 0 Å². The fourth-order valence-electron chi connectivity index (χ4n) is 2.22. The molecular formula is C13H14FN3. The summed E-state index contributed by atoms with van der Waals surface area (Å²) < 4.78 is 13.1. The predicted molar refractivity (Wildman–Crippen MR) is 65.0 cm³/mol. The maximum atomic E-state index is 13.1. The van der Waals surface area contributed by atoms with Gasteiger partial charge in [-0.15, -0.1) is 0 Å². The molecule has 2 aromatic rings. The van der Waals surface area contributed by atoms with E-state index in [0.717, 1.165) is 17.8 Å². The van der Waals surface area contributed by atoms with Crippen LogP contribution in [0.1, 0.15) is 25.1 Å². The van der Waals surface area contributed by atoms with Gasteiger partial charge in [0.05, 0.1) is 5.52 Å². The van der Waals surface area contributed by atoms with Crippen molar-refractivity contribution in [2.45, 2.75) is 25.7 Å². The van der Waals surface area contributed by atoms with Crippen molar-refractivity contribution in [3.8, 4) is 0 Å². The third-order valence-corrected chi connectivity index (χ3v) is 3.43. The van der Waals surface area contributed by atoms with Gasteiger partial charge in [0.2, 0.25) is 0 Å². The molecule has 1 heterocycles. The molecule has 0 amide bonds. The molecule has 0 bridgehead atoms. The molecule has 1 aliphatic carbocycles. The first-order valence-electron chi connectivity index (χ1n) is 5.94. The van der Waals surface area contributed by atoms with Crippen LogP contribution in [-0.2, 0) is 6.42 Å². The van der Waals surface area contributed by atoms with Gasteiger partial charge in [0.25, 0.3) is 0 Å². The fourth-order valence-corrected chi connectivity index (χ4v) is 2.22. The van der Waals surface area contributed by atoms with Crippen molar-refractivity contribution >= 4 is 16.7 Å². The van der Waals surface area contributed by atoms with Gasteiger partial charge in [0.15, 0.2) is 0 Å². The zero-order valence-corrected chi connectivity index (χ0v) is 9.49. The lowest BCUT2D eigenvalue weighted by Crippen LogP contribution is -2.16. The van der Waals surface area contributed by atoms with Gasteiger partial charge in [-0.2, -0.15) is 0 Å². The molecule has 0 atom stereocenters. The first kappa shape index (κ1) is 10.4. The van der Waals surface area contributed by atoms with E-state index in [1.807, 2.05) is 0 Å². The molecular weight excluding hydrogens is 217 g/mol. The molecule has 0 radical (unpaired) electrons. The summed E-state index contributed by atoms with van der Waals surface area (Å²) in [5, 5.41) is 0.599. The first-order valence-corrected chi connectivity index (χ1v) is 5.94. The van der Waals surface area contributed by atoms with Crippen LogP contribution in [0.5, 0.6) is 0 Å². The Morgan fingerprint density at radius 2 is 2.12 bits per heavy atom. The Morgan fingerprint density at radius 1 is 1.29 bits per heavy atom. The average Bonchev–Trinajstić information content (AvgIpc) is 2.25. The monoisotopic (exact) mass is 231 g/mol. The molecule has 0 saturated heterocycles. The van der Waals surface area contributed by atoms with E-state index < -0.39 is 0 Å². The molecule has 88 valence electrons. The number of halogens is 1. The van der Waals surface area contributed by atoms with Gasteiger partial charge >= 0.3 is 0 Å². The van der Waals surface area contributed by atoms with Gasteiger partial charge < -0.3 is 5.73 Å². The molecule has 1 fully saturated rings. The maximum Gasteiger partial charge on any atom is 0.135 e. The molecule has 1 aliphatic rings. The highest BCUT2D eigenvalue weighted by molar-refractivity contribution is 5.87. The van der Waals surface area contributed by atoms with Crippen LogP contribution < -0.4 is 5.73 Å². The maximum absolute atomic E-state index is 13.1. The van der Waals surface area contributed by atoms with Crippen molar-refractivity contribution in [1.29, 1.82) is 0 Å². The average molecular weight is 231 g/mol. The summed E-state index contributed by atoms with van der Waals surface area (Å²) in [7, 11) is 0. The molecule has 0 unspecified atom stereocenters. The summed E-state index contributed by atoms with van der Waals surface area (Å²) >= 11 is 0. The quantitative estimate of drug-likeness (QED) is 0.864. The van der Waals surface area contributed by atoms with E-state index in [0.29, 0.717) is 17.1 Å². The topological polar surface area (TPSA) is 51.8 Å². The van der Waals surface area contributed by atoms with Crippen LogP contribution in [0.4, 0.5) is 10.2 Å². The van der Waals surface area contributed by atoms with Gasteiger partial charge in [-0.3, -0.25) is 0 Å². The highest BCUT2D eigenvalue weighted by Gasteiger charge is 2.19. The van der Waals surface area contributed by atoms with E-state index in [1.54, 1.807) is 6.07 Å². The van der Waals surface area contributed by atoms with Gasteiger partial charge in [-0.25, -0.2) is 14.4 Å². The second-order valence-electron chi connectivity index (χ2n) is 4.69. The van der Waals surface area contributed by atoms with E-state index in [4.69, 9.17) is 5.73 Å². The summed E-state index contributed by atoms with van der Waals surface area (Å²) in [5.74, 6) is 1.56. The third-order valence-electron chi connectivity index (χ3n) is 3.43. The van der Waals surface area contributed by atoms with Crippen molar-refractivity contribution < 1.29 is 4.39 Å². The Morgan fingerprint density at radius 3 is 2.82 bits per heavy atom. The van der Waals surface area contributed by atoms with Crippen molar-refractivity contribution in [1.82, 2.24) is 9.97 Å². The third kappa shape index (κ3) is 1.95. The Labute approximate surface area is 98.9 Å². The smallest absolute Gasteiger partial charge is 0.135 e. The molecule has 3 rings (SSSR count). The largest absolute Gasteiger partial charge is 0.383 e. The summed E-state index contributed by atoms with van der Waals surface area (Å²) in [6, 6.07) is 4.45. The second kappa shape index (κ2) is 3.95. The normalized spacial score (nSPS) is 16.1. The Bertz CT molecular complexity index is 564. The number of benzene rings is 1. The van der Waals surface area contributed by atoms with Crippen LogP contribution in [0, 0.1) is 11.7 Å². The van der Waals surface area contributed by atoms with Crippen LogP contribution in [0.25, 0.3) is 10.9 Å². The summed E-state index contributed by atoms with van der Waals surface area (Å²) in [6.07, 6.45) is 4.70. The number of anilines is 1. The minimum absolute atomic E-state index is 0.306. The Hall–Kier alpha value is -1.71. The standard InChI is InChI=1S/C13H14FN3/c14-9-4-5-11-10(7-9)13(15)17-12(16-11)6-8-2-1-3-8/h4-5,7-8H,1-3,6H2,(H2,15,16,17). The predicted octanol–water partition coefficient (Wildman–Crippen LogP) is 2.69. The SMILES string of the molecule is Nc1nc(CC2CCC2)nc2ccc(F)cc12. The van der Waals surface area contributed by atoms with Crippen LogP contribution in [0.15, 0.2) is 18.2 Å². The minimum atomic E-state index is -0.306. The number of aromatic nitrogens is 2. The van der Waals surface area contributed by atoms with Crippen molar-refractivity contribution in [3.63, 3.8) is 0 Å². The molecule has 1 aromatic heterocycles. The molecule has 0 spiro atoms. The van der Waals surface area contributed by atoms with Crippen LogP contribution >= 0.6 is 0 Å². The van der Waals surface area contributed by atoms with E-state index >= 15 is 0 Å². The Kier molecular flexibility index (Phi) is 2.42. The summed E-state index contributed by atoms with van der Waals surface area (Å²) in [6.45, 7) is 0. The van der Waals surface area contributed by atoms with Crippen molar-refractivity contribution in [2.24, 2.45) is 5.92 Å². The summed E-state index contributed by atoms with van der Waals surface area (Å²) in [5.41, 5.74) is 6.57. The number of nitrogens with zero attached hydrogens (tertiary/aromatic N) is 2. The number of rotatable bonds is 2. The minimum Gasteiger partial charge on any atom is -0.383 e. The molecule has 1 saturated carbocycles. The number of hydrogen-bond donors (Lipinski definition) is 1. The molecule has 2 N–H and O–H groups in total. The van der Waals surface area contributed by atoms with Gasteiger partial charge in [-0.1, -0.05) is 19.3 Å². The lowest BCUT2D eigenvalue weighted by molar-refractivity contribution is 0.309. The lowest BCUT2D eigenvalue weighted by Gasteiger charge is -2.24. The van der Waals surface area contributed by atoms with Crippen LogP contribution in [0.3, 0.4) is 0 Å². The van der Waals surface area contributed by atoms with Gasteiger partial charge in [0, 0.05) is 11.8 Å². The highest BCUT2D eigenvalue weighted by Crippen LogP contribution is 2.29. The van der Waals surface area contributed by atoms with Gasteiger partial charge in [-0.05, 0) is 24.1 Å². The highest BCUT2D eigenvalue weighted by atomic mass is 19.1. The van der Waals surface area contributed by atoms with Crippen molar-refractivity contribution in [2.75, 3.05) is 5.73 Å². The first-order chi connectivity index (χ1) is 8.22. The van der Waals surface area contributed by atoms with E-state index in [9.17, 15) is 4.39 Å². The zero-order chi connectivity index (χ0) is 11.8. The number of nitrogens with two attached hydrogens (primary N) is 1. The zero-order valence-electron chi connectivity index (χ0n) is 9.49. The summed E-state index contributed by atoms with van der Waals surface area (Å²) in [4.78, 5) is 8.71. The number of fused-ring (bicyclic) bond motifs is 1. The molecule has 3 nitrogen and oxygen atoms in total. The number of nitrogen functional groups attached to an aromatic ring is 1. The van der Waals surface area contributed by atoms with Gasteiger partial charge in [0.1, 0.15) is 17.5 Å². The Balaban J connectivity index is 2.01.